The predicted octanol–water partition coefficient (Wildman–Crippen LogP) is 4.39. The third-order valence-electron chi connectivity index (χ3n) is 6.46. The molecule has 1 fully saturated rings. The minimum Gasteiger partial charge on any atom is -0.368 e. The second-order valence-electron chi connectivity index (χ2n) is 8.58. The van der Waals surface area contributed by atoms with Crippen molar-refractivity contribution < 1.29 is 0 Å². The summed E-state index contributed by atoms with van der Waals surface area (Å²) >= 11 is 5.63. The van der Waals surface area contributed by atoms with Gasteiger partial charge in [0.15, 0.2) is 0 Å². The summed E-state index contributed by atoms with van der Waals surface area (Å²) in [4.78, 5) is 17.0. The molecule has 8 heteroatoms. The molecule has 1 aliphatic heterocycles. The molecular weight excluding hydrogens is 442 g/mol. The van der Waals surface area contributed by atoms with Crippen molar-refractivity contribution in [1.29, 1.82) is 0 Å². The van der Waals surface area contributed by atoms with Crippen LogP contribution < -0.4 is 15.5 Å². The van der Waals surface area contributed by atoms with Gasteiger partial charge in [-0.2, -0.15) is 0 Å². The van der Waals surface area contributed by atoms with Gasteiger partial charge in [-0.05, 0) is 23.8 Å². The molecule has 0 radical (unpaired) electrons. The summed E-state index contributed by atoms with van der Waals surface area (Å²) in [6.45, 7) is 4.72. The van der Waals surface area contributed by atoms with E-state index in [-0.39, 0.29) is 0 Å². The van der Waals surface area contributed by atoms with E-state index in [0.29, 0.717) is 6.54 Å². The Hall–Kier alpha value is -3.62. The number of anilines is 3. The first kappa shape index (κ1) is 20.9. The van der Waals surface area contributed by atoms with Crippen LogP contribution in [-0.4, -0.2) is 50.6 Å². The molecule has 0 atom stereocenters. The third-order valence-corrected chi connectivity index (χ3v) is 6.89. The molecule has 0 amide bonds. The largest absolute Gasteiger partial charge is 0.368 e. The zero-order valence-corrected chi connectivity index (χ0v) is 19.6. The molecule has 0 bridgehead atoms. The lowest BCUT2D eigenvalue weighted by molar-refractivity contribution is 0.589. The van der Waals surface area contributed by atoms with E-state index in [9.17, 15) is 0 Å². The van der Waals surface area contributed by atoms with Crippen LogP contribution in [0.4, 0.5) is 17.3 Å². The Morgan fingerprint density at radius 1 is 0.971 bits per heavy atom. The van der Waals surface area contributed by atoms with E-state index in [2.05, 4.69) is 65.4 Å². The van der Waals surface area contributed by atoms with E-state index >= 15 is 0 Å². The summed E-state index contributed by atoms with van der Waals surface area (Å²) in [5, 5.41) is 9.00. The molecular formula is C26H25N7S. The normalized spacial score (nSPS) is 16.3. The van der Waals surface area contributed by atoms with Gasteiger partial charge in [0.2, 0.25) is 0 Å². The topological polar surface area (TPSA) is 70.9 Å². The molecule has 4 aromatic rings. The zero-order valence-electron chi connectivity index (χ0n) is 18.7. The van der Waals surface area contributed by atoms with Crippen LogP contribution in [0.5, 0.6) is 0 Å². The number of hydrogen-bond acceptors (Lipinski definition) is 7. The van der Waals surface area contributed by atoms with E-state index < -0.39 is 0 Å². The van der Waals surface area contributed by atoms with E-state index in [4.69, 9.17) is 12.2 Å². The van der Waals surface area contributed by atoms with Crippen LogP contribution in [0.15, 0.2) is 72.9 Å². The number of rotatable bonds is 5. The Kier molecular flexibility index (Phi) is 5.52. The lowest BCUT2D eigenvalue weighted by Crippen LogP contribution is -2.43. The maximum Gasteiger partial charge on any atom is 0.133 e. The van der Waals surface area contributed by atoms with Gasteiger partial charge < -0.3 is 20.1 Å². The van der Waals surface area contributed by atoms with Gasteiger partial charge in [-0.1, -0.05) is 30.4 Å². The first-order valence-corrected chi connectivity index (χ1v) is 12.0. The van der Waals surface area contributed by atoms with Gasteiger partial charge in [0, 0.05) is 73.2 Å². The Bertz CT molecular complexity index is 1430. The molecule has 34 heavy (non-hydrogen) atoms. The molecule has 0 aromatic carbocycles. The number of piperazine rings is 1. The maximum absolute atomic E-state index is 5.63. The fraction of sp³-hybridized carbons (Fsp3) is 0.231. The van der Waals surface area contributed by atoms with Crippen molar-refractivity contribution in [1.82, 2.24) is 24.8 Å². The number of thiocarbonyl (C=S) groups is 1. The molecule has 5 heterocycles. The number of fused-ring (bicyclic) bond motifs is 3. The third kappa shape index (κ3) is 3.95. The molecule has 2 aliphatic rings. The minimum atomic E-state index is 0.704. The number of allylic oxidation sites excluding steroid dienone is 4. The van der Waals surface area contributed by atoms with Crippen LogP contribution >= 0.6 is 12.2 Å². The predicted molar refractivity (Wildman–Crippen MR) is 142 cm³/mol. The quantitative estimate of drug-likeness (QED) is 0.422. The number of aromatic nitrogens is 4. The van der Waals surface area contributed by atoms with Gasteiger partial charge in [-0.15, -0.1) is 0 Å². The van der Waals surface area contributed by atoms with Gasteiger partial charge in [0.1, 0.15) is 11.6 Å². The molecule has 6 rings (SSSR count). The van der Waals surface area contributed by atoms with E-state index in [1.807, 2.05) is 36.9 Å². The molecule has 4 aromatic heterocycles. The fourth-order valence-corrected chi connectivity index (χ4v) is 4.90. The molecule has 1 aliphatic carbocycles. The first-order valence-electron chi connectivity index (χ1n) is 11.6. The fourth-order valence-electron chi connectivity index (χ4n) is 4.67. The molecule has 170 valence electrons. The second kappa shape index (κ2) is 8.96. The van der Waals surface area contributed by atoms with Crippen molar-refractivity contribution in [3.63, 3.8) is 0 Å². The monoisotopic (exact) mass is 467 g/mol. The van der Waals surface area contributed by atoms with Crippen LogP contribution in [0.2, 0.25) is 0 Å². The highest BCUT2D eigenvalue weighted by molar-refractivity contribution is 7.80. The van der Waals surface area contributed by atoms with Crippen LogP contribution in [0.25, 0.3) is 21.8 Å². The molecule has 7 nitrogen and oxygen atoms in total. The molecule has 0 saturated carbocycles. The summed E-state index contributed by atoms with van der Waals surface area (Å²) in [7, 11) is 0. The van der Waals surface area contributed by atoms with Gasteiger partial charge in [-0.25, -0.2) is 9.97 Å². The summed E-state index contributed by atoms with van der Waals surface area (Å²) in [6, 6.07) is 8.27. The lowest BCUT2D eigenvalue weighted by atomic mass is 10.0. The van der Waals surface area contributed by atoms with E-state index in [1.165, 1.54) is 0 Å². The first-order chi connectivity index (χ1) is 16.8. The summed E-state index contributed by atoms with van der Waals surface area (Å²) in [5.74, 6) is 1.53. The summed E-state index contributed by atoms with van der Waals surface area (Å²) in [5.41, 5.74) is 4.48. The van der Waals surface area contributed by atoms with E-state index in [1.54, 1.807) is 0 Å². The smallest absolute Gasteiger partial charge is 0.133 e. The standard InChI is InChI=1S/C26H25N7S/c34-24-4-2-1-3-18(24)17-33-22-13-26(30-15-21(22)20-7-8-28-16-23(20)33)31-25-6-5-19(14-29-25)32-11-9-27-10-12-32/h1-3,5-8,13-16,27H,4,9-12,17H2,(H,29,30,31). The highest BCUT2D eigenvalue weighted by Crippen LogP contribution is 2.31. The van der Waals surface area contributed by atoms with Crippen LogP contribution in [-0.2, 0) is 6.54 Å². The van der Waals surface area contributed by atoms with Crippen LogP contribution in [0.3, 0.4) is 0 Å². The SMILES string of the molecule is S=C1CC=CC=C1Cn1c2cnccc2c2cnc(Nc3ccc(N4CCNCC4)cn3)cc21. The highest BCUT2D eigenvalue weighted by Gasteiger charge is 2.16. The molecule has 1 saturated heterocycles. The lowest BCUT2D eigenvalue weighted by Gasteiger charge is -2.29. The highest BCUT2D eigenvalue weighted by atomic mass is 32.1. The van der Waals surface area contributed by atoms with Crippen molar-refractivity contribution in [3.05, 3.63) is 72.9 Å². The van der Waals surface area contributed by atoms with Crippen molar-refractivity contribution in [2.24, 2.45) is 0 Å². The average molecular weight is 468 g/mol. The van der Waals surface area contributed by atoms with Gasteiger partial charge in [-0.3, -0.25) is 4.98 Å². The number of nitrogens with zero attached hydrogens (tertiary/aromatic N) is 5. The molecule has 0 spiro atoms. The van der Waals surface area contributed by atoms with Gasteiger partial charge in [0.25, 0.3) is 0 Å². The van der Waals surface area contributed by atoms with Crippen molar-refractivity contribution in [2.45, 2.75) is 13.0 Å². The van der Waals surface area contributed by atoms with Crippen LogP contribution in [0, 0.1) is 0 Å². The van der Waals surface area contributed by atoms with Crippen LogP contribution in [0.1, 0.15) is 6.42 Å². The molecule has 2 N–H and O–H groups in total. The van der Waals surface area contributed by atoms with Crippen molar-refractivity contribution in [2.75, 3.05) is 36.4 Å². The Balaban J connectivity index is 1.33. The second-order valence-corrected chi connectivity index (χ2v) is 9.07. The van der Waals surface area contributed by atoms with Gasteiger partial charge in [0.05, 0.1) is 29.1 Å². The minimum absolute atomic E-state index is 0.704. The average Bonchev–Trinajstić information content (AvgIpc) is 3.19. The maximum atomic E-state index is 5.63. The zero-order chi connectivity index (χ0) is 22.9. The van der Waals surface area contributed by atoms with Gasteiger partial charge >= 0.3 is 0 Å². The summed E-state index contributed by atoms with van der Waals surface area (Å²) in [6.07, 6.45) is 14.7. The Labute approximate surface area is 203 Å². The van der Waals surface area contributed by atoms with Crippen molar-refractivity contribution in [3.8, 4) is 0 Å². The number of nitrogens with one attached hydrogen (secondary N) is 2. The van der Waals surface area contributed by atoms with Crippen molar-refractivity contribution >= 4 is 56.2 Å². The Morgan fingerprint density at radius 2 is 1.85 bits per heavy atom. The summed E-state index contributed by atoms with van der Waals surface area (Å²) < 4.78 is 2.28. The Morgan fingerprint density at radius 3 is 2.68 bits per heavy atom. The number of pyridine rings is 3. The number of hydrogen-bond donors (Lipinski definition) is 2. The molecule has 0 unspecified atom stereocenters. The van der Waals surface area contributed by atoms with E-state index in [0.717, 1.165) is 82.2 Å².